The molecule has 2 aromatic carbocycles. The van der Waals surface area contributed by atoms with Crippen LogP contribution in [0.5, 0.6) is 5.95 Å². The molecule has 0 atom stereocenters. The third kappa shape index (κ3) is 1.88. The summed E-state index contributed by atoms with van der Waals surface area (Å²) < 4.78 is 11.1. The molecule has 0 aliphatic heterocycles. The Bertz CT molecular complexity index is 817. The number of ether oxygens (including phenoxy) is 1. The molecule has 1 heterocycles. The lowest BCUT2D eigenvalue weighted by molar-refractivity contribution is 0.312. The third-order valence-corrected chi connectivity index (χ3v) is 3.33. The van der Waals surface area contributed by atoms with Crippen LogP contribution in [-0.4, -0.2) is 7.11 Å². The van der Waals surface area contributed by atoms with E-state index in [1.54, 1.807) is 6.07 Å². The summed E-state index contributed by atoms with van der Waals surface area (Å²) in [6.45, 7) is 1.91. The van der Waals surface area contributed by atoms with E-state index in [4.69, 9.17) is 9.15 Å². The second-order valence-corrected chi connectivity index (χ2v) is 4.62. The number of aryl methyl sites for hydroxylation is 1. The fourth-order valence-electron chi connectivity index (χ4n) is 2.34. The van der Waals surface area contributed by atoms with E-state index in [1.165, 1.54) is 7.11 Å². The predicted octanol–water partition coefficient (Wildman–Crippen LogP) is 3.78. The Morgan fingerprint density at radius 1 is 1.00 bits per heavy atom. The minimum absolute atomic E-state index is 0.0713. The first-order valence-corrected chi connectivity index (χ1v) is 6.38. The van der Waals surface area contributed by atoms with Crippen molar-refractivity contribution in [1.29, 1.82) is 0 Å². The Kier molecular flexibility index (Phi) is 3.03. The lowest BCUT2D eigenvalue weighted by Crippen LogP contribution is -2.08. The van der Waals surface area contributed by atoms with Crippen LogP contribution in [0.3, 0.4) is 0 Å². The summed E-state index contributed by atoms with van der Waals surface area (Å²) in [7, 11) is 1.51. The highest BCUT2D eigenvalue weighted by Crippen LogP contribution is 2.31. The summed E-state index contributed by atoms with van der Waals surface area (Å²) in [6, 6.07) is 15.0. The molecule has 0 saturated heterocycles. The maximum atomic E-state index is 12.7. The zero-order valence-corrected chi connectivity index (χ0v) is 11.3. The Balaban J connectivity index is 2.44. The third-order valence-electron chi connectivity index (χ3n) is 3.33. The Morgan fingerprint density at radius 2 is 1.75 bits per heavy atom. The van der Waals surface area contributed by atoms with Crippen molar-refractivity contribution in [1.82, 2.24) is 0 Å². The van der Waals surface area contributed by atoms with Crippen LogP contribution in [0.2, 0.25) is 0 Å². The van der Waals surface area contributed by atoms with E-state index in [9.17, 15) is 4.79 Å². The molecule has 3 aromatic rings. The van der Waals surface area contributed by atoms with E-state index in [-0.39, 0.29) is 11.4 Å². The molecule has 0 N–H and O–H groups in total. The molecule has 0 bridgehead atoms. The summed E-state index contributed by atoms with van der Waals surface area (Å²) >= 11 is 0. The maximum Gasteiger partial charge on any atom is 0.296 e. The number of benzene rings is 2. The van der Waals surface area contributed by atoms with Gasteiger partial charge in [-0.2, -0.15) is 0 Å². The average molecular weight is 266 g/mol. The topological polar surface area (TPSA) is 39.4 Å². The molecule has 0 amide bonds. The van der Waals surface area contributed by atoms with Crippen LogP contribution in [0.15, 0.2) is 57.7 Å². The van der Waals surface area contributed by atoms with Gasteiger partial charge in [0, 0.05) is 0 Å². The summed E-state index contributed by atoms with van der Waals surface area (Å²) in [5.74, 6) is 0.253. The molecule has 3 nitrogen and oxygen atoms in total. The van der Waals surface area contributed by atoms with Crippen LogP contribution in [-0.2, 0) is 0 Å². The SMILES string of the molecule is COc1oc2c(C)cccc2c(=O)c1-c1ccccc1. The summed E-state index contributed by atoms with van der Waals surface area (Å²) in [6.07, 6.45) is 0. The molecule has 0 spiro atoms. The van der Waals surface area contributed by atoms with Crippen molar-refractivity contribution in [2.24, 2.45) is 0 Å². The van der Waals surface area contributed by atoms with Gasteiger partial charge in [0.2, 0.25) is 5.43 Å². The highest BCUT2D eigenvalue weighted by atomic mass is 16.6. The highest BCUT2D eigenvalue weighted by molar-refractivity contribution is 5.85. The number of para-hydroxylation sites is 1. The normalized spacial score (nSPS) is 10.7. The zero-order valence-electron chi connectivity index (χ0n) is 11.3. The van der Waals surface area contributed by atoms with Gasteiger partial charge in [0.1, 0.15) is 11.1 Å². The van der Waals surface area contributed by atoms with Crippen LogP contribution in [0.1, 0.15) is 5.56 Å². The molecule has 0 fully saturated rings. The average Bonchev–Trinajstić information content (AvgIpc) is 2.49. The second-order valence-electron chi connectivity index (χ2n) is 4.62. The maximum absolute atomic E-state index is 12.7. The Hall–Kier alpha value is -2.55. The molecule has 0 aliphatic carbocycles. The first kappa shape index (κ1) is 12.5. The highest BCUT2D eigenvalue weighted by Gasteiger charge is 2.17. The minimum atomic E-state index is -0.0713. The van der Waals surface area contributed by atoms with Crippen LogP contribution >= 0.6 is 0 Å². The van der Waals surface area contributed by atoms with Crippen LogP contribution in [0.4, 0.5) is 0 Å². The largest absolute Gasteiger partial charge is 0.468 e. The fourth-order valence-corrected chi connectivity index (χ4v) is 2.34. The number of fused-ring (bicyclic) bond motifs is 1. The monoisotopic (exact) mass is 266 g/mol. The van der Waals surface area contributed by atoms with E-state index in [1.807, 2.05) is 49.4 Å². The number of rotatable bonds is 2. The molecule has 0 aliphatic rings. The molecule has 20 heavy (non-hydrogen) atoms. The molecule has 0 unspecified atom stereocenters. The van der Waals surface area contributed by atoms with Crippen LogP contribution in [0, 0.1) is 6.92 Å². The summed E-state index contributed by atoms with van der Waals surface area (Å²) in [4.78, 5) is 12.7. The van der Waals surface area contributed by atoms with Crippen molar-refractivity contribution in [2.75, 3.05) is 7.11 Å². The van der Waals surface area contributed by atoms with Crippen LogP contribution < -0.4 is 10.2 Å². The number of methoxy groups -OCH3 is 1. The van der Waals surface area contributed by atoms with Gasteiger partial charge in [-0.1, -0.05) is 42.5 Å². The van der Waals surface area contributed by atoms with E-state index < -0.39 is 0 Å². The molecule has 3 rings (SSSR count). The first-order chi connectivity index (χ1) is 9.72. The van der Waals surface area contributed by atoms with Gasteiger partial charge in [0.15, 0.2) is 0 Å². The van der Waals surface area contributed by atoms with Gasteiger partial charge in [0.25, 0.3) is 5.95 Å². The van der Waals surface area contributed by atoms with Gasteiger partial charge < -0.3 is 9.15 Å². The molecule has 3 heteroatoms. The first-order valence-electron chi connectivity index (χ1n) is 6.38. The van der Waals surface area contributed by atoms with Crippen molar-refractivity contribution < 1.29 is 9.15 Å². The fraction of sp³-hybridized carbons (Fsp3) is 0.118. The molecular formula is C17H14O3. The standard InChI is InChI=1S/C17H14O3/c1-11-7-6-10-13-15(18)14(12-8-4-3-5-9-12)17(19-2)20-16(11)13/h3-10H,1-2H3. The molecule has 0 saturated carbocycles. The van der Waals surface area contributed by atoms with Crippen molar-refractivity contribution in [3.8, 4) is 17.1 Å². The lowest BCUT2D eigenvalue weighted by atomic mass is 10.0. The van der Waals surface area contributed by atoms with Gasteiger partial charge in [-0.05, 0) is 24.1 Å². The van der Waals surface area contributed by atoms with Crippen molar-refractivity contribution >= 4 is 11.0 Å². The van der Waals surface area contributed by atoms with Crippen molar-refractivity contribution in [3.05, 3.63) is 64.3 Å². The summed E-state index contributed by atoms with van der Waals surface area (Å²) in [5.41, 5.74) is 2.68. The van der Waals surface area contributed by atoms with E-state index in [0.717, 1.165) is 11.1 Å². The van der Waals surface area contributed by atoms with E-state index >= 15 is 0 Å². The molecule has 100 valence electrons. The van der Waals surface area contributed by atoms with Gasteiger partial charge >= 0.3 is 0 Å². The van der Waals surface area contributed by atoms with Gasteiger partial charge in [0.05, 0.1) is 12.5 Å². The van der Waals surface area contributed by atoms with Gasteiger partial charge in [-0.15, -0.1) is 0 Å². The predicted molar refractivity (Wildman–Crippen MR) is 79.2 cm³/mol. The Morgan fingerprint density at radius 3 is 2.45 bits per heavy atom. The van der Waals surface area contributed by atoms with E-state index in [2.05, 4.69) is 0 Å². The Labute approximate surface area is 116 Å². The van der Waals surface area contributed by atoms with Gasteiger partial charge in [-0.3, -0.25) is 4.79 Å². The van der Waals surface area contributed by atoms with Crippen molar-refractivity contribution in [3.63, 3.8) is 0 Å². The lowest BCUT2D eigenvalue weighted by Gasteiger charge is -2.09. The smallest absolute Gasteiger partial charge is 0.296 e. The number of hydrogen-bond donors (Lipinski definition) is 0. The number of hydrogen-bond acceptors (Lipinski definition) is 3. The van der Waals surface area contributed by atoms with Crippen molar-refractivity contribution in [2.45, 2.75) is 6.92 Å². The molecular weight excluding hydrogens is 252 g/mol. The minimum Gasteiger partial charge on any atom is -0.468 e. The second kappa shape index (κ2) is 4.85. The van der Waals surface area contributed by atoms with Gasteiger partial charge in [-0.25, -0.2) is 0 Å². The zero-order chi connectivity index (χ0) is 14.1. The van der Waals surface area contributed by atoms with Crippen LogP contribution in [0.25, 0.3) is 22.1 Å². The molecule has 0 radical (unpaired) electrons. The van der Waals surface area contributed by atoms with E-state index in [0.29, 0.717) is 16.5 Å². The quantitative estimate of drug-likeness (QED) is 0.708. The summed E-state index contributed by atoms with van der Waals surface area (Å²) in [5, 5.41) is 0.574. The molecule has 1 aromatic heterocycles.